The van der Waals surface area contributed by atoms with Gasteiger partial charge in [0.15, 0.2) is 0 Å². The largest absolute Gasteiger partial charge is 0.495 e. The molecular weight excluding hydrogens is 230 g/mol. The van der Waals surface area contributed by atoms with Crippen LogP contribution in [0.3, 0.4) is 0 Å². The number of benzene rings is 1. The zero-order valence-corrected chi connectivity index (χ0v) is 10.5. The maximum Gasteiger partial charge on any atom is 0.142 e. The Balaban J connectivity index is 2.31. The van der Waals surface area contributed by atoms with E-state index in [-0.39, 0.29) is 6.61 Å². The number of aliphatic hydroxyl groups is 1. The van der Waals surface area contributed by atoms with Crippen LogP contribution in [0, 0.1) is 0 Å². The van der Waals surface area contributed by atoms with Gasteiger partial charge in [-0.15, -0.1) is 0 Å². The number of rotatable bonds is 5. The maximum absolute atomic E-state index is 8.87. The van der Waals surface area contributed by atoms with Crippen molar-refractivity contribution in [3.63, 3.8) is 0 Å². The van der Waals surface area contributed by atoms with Crippen LogP contribution in [0.5, 0.6) is 5.75 Å². The number of nitrogens with one attached hydrogen (secondary N) is 2. The van der Waals surface area contributed by atoms with E-state index in [1.54, 1.807) is 13.3 Å². The summed E-state index contributed by atoms with van der Waals surface area (Å²) in [5.41, 5.74) is 2.81. The van der Waals surface area contributed by atoms with Crippen LogP contribution in [-0.4, -0.2) is 35.8 Å². The summed E-state index contributed by atoms with van der Waals surface area (Å²) < 4.78 is 5.31. The first-order chi connectivity index (χ1) is 8.78. The van der Waals surface area contributed by atoms with Crippen molar-refractivity contribution in [3.8, 4) is 17.1 Å². The number of anilines is 1. The van der Waals surface area contributed by atoms with Gasteiger partial charge in [0.2, 0.25) is 0 Å². The first kappa shape index (κ1) is 12.4. The molecule has 0 radical (unpaired) electrons. The molecule has 2 rings (SSSR count). The molecule has 0 aliphatic rings. The summed E-state index contributed by atoms with van der Waals surface area (Å²) in [4.78, 5) is 7.47. The van der Waals surface area contributed by atoms with E-state index >= 15 is 0 Å². The summed E-state index contributed by atoms with van der Waals surface area (Å²) in [6, 6.07) is 5.84. The predicted octanol–water partition coefficient (Wildman–Crippen LogP) is 1.66. The third kappa shape index (κ3) is 2.46. The average molecular weight is 247 g/mol. The Kier molecular flexibility index (Phi) is 3.84. The first-order valence-corrected chi connectivity index (χ1v) is 5.79. The fraction of sp³-hybridized carbons (Fsp3) is 0.308. The van der Waals surface area contributed by atoms with Gasteiger partial charge in [0.25, 0.3) is 0 Å². The number of aromatic amines is 1. The topological polar surface area (TPSA) is 70.2 Å². The van der Waals surface area contributed by atoms with Crippen LogP contribution in [-0.2, 0) is 6.42 Å². The number of imidazole rings is 1. The van der Waals surface area contributed by atoms with E-state index in [0.717, 1.165) is 28.5 Å². The van der Waals surface area contributed by atoms with Crippen molar-refractivity contribution in [2.24, 2.45) is 0 Å². The van der Waals surface area contributed by atoms with E-state index < -0.39 is 0 Å². The van der Waals surface area contributed by atoms with Crippen LogP contribution in [0.15, 0.2) is 24.4 Å². The highest BCUT2D eigenvalue weighted by atomic mass is 16.5. The van der Waals surface area contributed by atoms with Gasteiger partial charge in [0, 0.05) is 37.5 Å². The smallest absolute Gasteiger partial charge is 0.142 e. The van der Waals surface area contributed by atoms with Crippen LogP contribution in [0.25, 0.3) is 11.4 Å². The lowest BCUT2D eigenvalue weighted by atomic mass is 10.2. The van der Waals surface area contributed by atoms with Gasteiger partial charge in [-0.3, -0.25) is 0 Å². The molecule has 0 atom stereocenters. The average Bonchev–Trinajstić information content (AvgIpc) is 2.87. The lowest BCUT2D eigenvalue weighted by molar-refractivity contribution is 0.298. The maximum atomic E-state index is 8.87. The monoisotopic (exact) mass is 247 g/mol. The number of H-pyrrole nitrogens is 1. The minimum absolute atomic E-state index is 0.115. The molecule has 0 bridgehead atoms. The van der Waals surface area contributed by atoms with Crippen molar-refractivity contribution in [2.45, 2.75) is 6.42 Å². The van der Waals surface area contributed by atoms with Crippen molar-refractivity contribution in [2.75, 3.05) is 26.1 Å². The highest BCUT2D eigenvalue weighted by molar-refractivity contribution is 5.67. The quantitative estimate of drug-likeness (QED) is 0.751. The molecule has 0 saturated heterocycles. The second kappa shape index (κ2) is 5.55. The molecule has 1 aromatic carbocycles. The molecule has 5 heteroatoms. The summed E-state index contributed by atoms with van der Waals surface area (Å²) in [6.45, 7) is 0.115. The number of aliphatic hydroxyl groups excluding tert-OH is 1. The van der Waals surface area contributed by atoms with E-state index in [9.17, 15) is 0 Å². The molecule has 0 saturated carbocycles. The fourth-order valence-corrected chi connectivity index (χ4v) is 1.80. The van der Waals surface area contributed by atoms with Gasteiger partial charge in [0.05, 0.1) is 12.8 Å². The molecule has 0 spiro atoms. The molecule has 0 unspecified atom stereocenters. The molecule has 18 heavy (non-hydrogen) atoms. The fourth-order valence-electron chi connectivity index (χ4n) is 1.80. The summed E-state index contributed by atoms with van der Waals surface area (Å²) in [6.07, 6.45) is 2.32. The Morgan fingerprint density at radius 3 is 2.94 bits per heavy atom. The van der Waals surface area contributed by atoms with Gasteiger partial charge in [-0.2, -0.15) is 0 Å². The minimum atomic E-state index is 0.115. The Morgan fingerprint density at radius 2 is 2.28 bits per heavy atom. The highest BCUT2D eigenvalue weighted by Crippen LogP contribution is 2.29. The van der Waals surface area contributed by atoms with E-state index in [1.165, 1.54) is 0 Å². The van der Waals surface area contributed by atoms with Gasteiger partial charge < -0.3 is 20.1 Å². The van der Waals surface area contributed by atoms with E-state index in [0.29, 0.717) is 6.42 Å². The molecule has 0 fully saturated rings. The summed E-state index contributed by atoms with van der Waals surface area (Å²) in [5.74, 6) is 1.55. The number of ether oxygens (including phenoxy) is 1. The predicted molar refractivity (Wildman–Crippen MR) is 70.9 cm³/mol. The third-order valence-corrected chi connectivity index (χ3v) is 2.75. The SMILES string of the molecule is CNc1ccc(-c2ncc(CCO)[nH]2)cc1OC. The number of methoxy groups -OCH3 is 1. The van der Waals surface area contributed by atoms with Crippen molar-refractivity contribution in [1.82, 2.24) is 9.97 Å². The number of nitrogens with zero attached hydrogens (tertiary/aromatic N) is 1. The molecule has 1 heterocycles. The number of aromatic nitrogens is 2. The minimum Gasteiger partial charge on any atom is -0.495 e. The zero-order valence-electron chi connectivity index (χ0n) is 10.5. The first-order valence-electron chi connectivity index (χ1n) is 5.79. The Hall–Kier alpha value is -2.01. The molecule has 0 amide bonds. The summed E-state index contributed by atoms with van der Waals surface area (Å²) in [7, 11) is 3.49. The third-order valence-electron chi connectivity index (χ3n) is 2.75. The van der Waals surface area contributed by atoms with Crippen LogP contribution in [0.4, 0.5) is 5.69 Å². The van der Waals surface area contributed by atoms with Crippen LogP contribution in [0.2, 0.25) is 0 Å². The molecule has 1 aromatic heterocycles. The Bertz CT molecular complexity index is 523. The molecule has 3 N–H and O–H groups in total. The lowest BCUT2D eigenvalue weighted by Crippen LogP contribution is -1.94. The van der Waals surface area contributed by atoms with Crippen molar-refractivity contribution in [3.05, 3.63) is 30.1 Å². The number of hydrogen-bond acceptors (Lipinski definition) is 4. The summed E-state index contributed by atoms with van der Waals surface area (Å²) in [5, 5.41) is 11.9. The Labute approximate surface area is 106 Å². The van der Waals surface area contributed by atoms with Gasteiger partial charge in [0.1, 0.15) is 11.6 Å². The normalized spacial score (nSPS) is 10.4. The second-order valence-electron chi connectivity index (χ2n) is 3.90. The van der Waals surface area contributed by atoms with Gasteiger partial charge >= 0.3 is 0 Å². The van der Waals surface area contributed by atoms with E-state index in [2.05, 4.69) is 15.3 Å². The zero-order chi connectivity index (χ0) is 13.0. The molecule has 96 valence electrons. The van der Waals surface area contributed by atoms with Crippen molar-refractivity contribution < 1.29 is 9.84 Å². The van der Waals surface area contributed by atoms with Crippen LogP contribution in [0.1, 0.15) is 5.69 Å². The molecule has 2 aromatic rings. The van der Waals surface area contributed by atoms with Crippen LogP contribution >= 0.6 is 0 Å². The van der Waals surface area contributed by atoms with Gasteiger partial charge in [-0.05, 0) is 18.2 Å². The second-order valence-corrected chi connectivity index (χ2v) is 3.90. The number of hydrogen-bond donors (Lipinski definition) is 3. The van der Waals surface area contributed by atoms with Gasteiger partial charge in [-0.25, -0.2) is 4.98 Å². The summed E-state index contributed by atoms with van der Waals surface area (Å²) >= 11 is 0. The molecule has 0 aliphatic heterocycles. The van der Waals surface area contributed by atoms with E-state index in [1.807, 2.05) is 25.2 Å². The van der Waals surface area contributed by atoms with Crippen LogP contribution < -0.4 is 10.1 Å². The van der Waals surface area contributed by atoms with Gasteiger partial charge in [-0.1, -0.05) is 0 Å². The Morgan fingerprint density at radius 1 is 1.44 bits per heavy atom. The van der Waals surface area contributed by atoms with Crippen molar-refractivity contribution in [1.29, 1.82) is 0 Å². The van der Waals surface area contributed by atoms with Crippen molar-refractivity contribution >= 4 is 5.69 Å². The molecule has 5 nitrogen and oxygen atoms in total. The molecule has 0 aliphatic carbocycles. The molecular formula is C13H17N3O2. The lowest BCUT2D eigenvalue weighted by Gasteiger charge is -2.09. The van der Waals surface area contributed by atoms with E-state index in [4.69, 9.17) is 9.84 Å². The highest BCUT2D eigenvalue weighted by Gasteiger charge is 2.07. The standard InChI is InChI=1S/C13H17N3O2/c1-14-11-4-3-9(7-12(11)18-2)13-15-8-10(16-13)5-6-17/h3-4,7-8,14,17H,5-6H2,1-2H3,(H,15,16).